The number of carbonyl (C=O) groups excluding carboxylic acids is 3. The van der Waals surface area contributed by atoms with E-state index in [0.717, 1.165) is 0 Å². The van der Waals surface area contributed by atoms with Gasteiger partial charge in [0.1, 0.15) is 12.1 Å². The maximum Gasteiger partial charge on any atom is 0.325 e. The molecule has 9 heteroatoms. The highest BCUT2D eigenvalue weighted by Crippen LogP contribution is 1.99. The number of hydrogen-bond acceptors (Lipinski definition) is 5. The van der Waals surface area contributed by atoms with Crippen molar-refractivity contribution in [3.63, 3.8) is 0 Å². The van der Waals surface area contributed by atoms with E-state index in [2.05, 4.69) is 10.6 Å². The molecule has 0 saturated carbocycles. The summed E-state index contributed by atoms with van der Waals surface area (Å²) >= 11 is 0. The number of hydrogen-bond donors (Lipinski definition) is 5. The number of carboxylic acid groups (broad SMARTS) is 1. The average Bonchev–Trinajstić information content (AvgIpc) is 2.33. The van der Waals surface area contributed by atoms with Crippen LogP contribution in [0.4, 0.5) is 0 Å². The van der Waals surface area contributed by atoms with Crippen molar-refractivity contribution in [3.8, 4) is 0 Å². The van der Waals surface area contributed by atoms with Crippen LogP contribution in [-0.2, 0) is 19.2 Å². The van der Waals surface area contributed by atoms with Crippen molar-refractivity contribution in [1.82, 2.24) is 10.6 Å². The van der Waals surface area contributed by atoms with Crippen LogP contribution in [0.5, 0.6) is 0 Å². The van der Waals surface area contributed by atoms with E-state index in [1.807, 2.05) is 0 Å². The second-order valence-corrected chi connectivity index (χ2v) is 4.42. The second-order valence-electron chi connectivity index (χ2n) is 4.42. The second kappa shape index (κ2) is 8.10. The Morgan fingerprint density at radius 3 is 2.05 bits per heavy atom. The van der Waals surface area contributed by atoms with Crippen LogP contribution in [0.2, 0.25) is 0 Å². The number of nitrogens with one attached hydrogen (secondary N) is 2. The molecular weight excluding hydrogens is 268 g/mol. The van der Waals surface area contributed by atoms with Crippen LogP contribution in [0.25, 0.3) is 0 Å². The number of aliphatic carboxylic acids is 1. The quantitative estimate of drug-likeness (QED) is 0.336. The Hall–Kier alpha value is -2.16. The van der Waals surface area contributed by atoms with Gasteiger partial charge in [-0.25, -0.2) is 0 Å². The Bertz CT molecular complexity index is 396. The molecule has 114 valence electrons. The number of nitrogens with two attached hydrogens (primary N) is 2. The molecule has 0 aromatic rings. The molecule has 7 N–H and O–H groups in total. The Morgan fingerprint density at radius 1 is 1.10 bits per heavy atom. The van der Waals surface area contributed by atoms with Gasteiger partial charge in [-0.1, -0.05) is 0 Å². The first-order valence-electron chi connectivity index (χ1n) is 6.02. The molecule has 9 nitrogen and oxygen atoms in total. The lowest BCUT2D eigenvalue weighted by Crippen LogP contribution is -2.53. The van der Waals surface area contributed by atoms with Gasteiger partial charge in [0, 0.05) is 6.42 Å². The summed E-state index contributed by atoms with van der Waals surface area (Å²) in [4.78, 5) is 44.7. The fraction of sp³-hybridized carbons (Fsp3) is 0.636. The van der Waals surface area contributed by atoms with E-state index in [-0.39, 0.29) is 12.8 Å². The van der Waals surface area contributed by atoms with Crippen LogP contribution in [0, 0.1) is 0 Å². The molecule has 0 aliphatic rings. The van der Waals surface area contributed by atoms with E-state index in [4.69, 9.17) is 16.6 Å². The largest absolute Gasteiger partial charge is 0.480 e. The summed E-state index contributed by atoms with van der Waals surface area (Å²) in [5.41, 5.74) is 10.3. The Balaban J connectivity index is 4.73. The summed E-state index contributed by atoms with van der Waals surface area (Å²) in [6.07, 6.45) is -0.162. The lowest BCUT2D eigenvalue weighted by atomic mass is 10.1. The molecule has 0 rings (SSSR count). The first-order chi connectivity index (χ1) is 9.15. The van der Waals surface area contributed by atoms with Gasteiger partial charge in [-0.3, -0.25) is 19.2 Å². The molecule has 0 radical (unpaired) electrons. The molecule has 3 amide bonds. The minimum Gasteiger partial charge on any atom is -0.480 e. The minimum absolute atomic E-state index is 0.0357. The van der Waals surface area contributed by atoms with Crippen molar-refractivity contribution in [2.45, 2.75) is 44.8 Å². The topological polar surface area (TPSA) is 165 Å². The normalized spacial score (nSPS) is 14.8. The van der Waals surface area contributed by atoms with Crippen molar-refractivity contribution in [1.29, 1.82) is 0 Å². The van der Waals surface area contributed by atoms with Gasteiger partial charge >= 0.3 is 5.97 Å². The minimum atomic E-state index is -1.22. The monoisotopic (exact) mass is 288 g/mol. The maximum atomic E-state index is 11.8. The summed E-state index contributed by atoms with van der Waals surface area (Å²) in [5, 5.41) is 13.2. The molecule has 0 spiro atoms. The van der Waals surface area contributed by atoms with E-state index in [0.29, 0.717) is 0 Å². The highest BCUT2D eigenvalue weighted by molar-refractivity contribution is 5.91. The molecule has 0 aromatic heterocycles. The van der Waals surface area contributed by atoms with E-state index in [1.54, 1.807) is 0 Å². The summed E-state index contributed by atoms with van der Waals surface area (Å²) in [7, 11) is 0. The SMILES string of the molecule is C[C@H](N)C(=O)N[C@@H](CCC(N)=O)C(=O)N[C@@H](C)C(=O)O. The van der Waals surface area contributed by atoms with Gasteiger partial charge in [-0.15, -0.1) is 0 Å². The fourth-order valence-electron chi connectivity index (χ4n) is 1.23. The lowest BCUT2D eigenvalue weighted by molar-refractivity contribution is -0.141. The Morgan fingerprint density at radius 2 is 1.65 bits per heavy atom. The van der Waals surface area contributed by atoms with Gasteiger partial charge in [0.25, 0.3) is 0 Å². The van der Waals surface area contributed by atoms with E-state index in [1.165, 1.54) is 13.8 Å². The third kappa shape index (κ3) is 6.69. The molecule has 0 unspecified atom stereocenters. The zero-order valence-electron chi connectivity index (χ0n) is 11.4. The fourth-order valence-corrected chi connectivity index (χ4v) is 1.23. The molecule has 0 fully saturated rings. The van der Waals surface area contributed by atoms with Crippen molar-refractivity contribution in [2.75, 3.05) is 0 Å². The molecule has 0 heterocycles. The number of primary amides is 1. The van der Waals surface area contributed by atoms with Crippen molar-refractivity contribution >= 4 is 23.7 Å². The molecule has 3 atom stereocenters. The first-order valence-corrected chi connectivity index (χ1v) is 6.02. The van der Waals surface area contributed by atoms with E-state index in [9.17, 15) is 19.2 Å². The predicted octanol–water partition coefficient (Wildman–Crippen LogP) is -2.33. The number of carbonyl (C=O) groups is 4. The van der Waals surface area contributed by atoms with Gasteiger partial charge in [0.2, 0.25) is 17.7 Å². The molecule has 0 saturated heterocycles. The zero-order chi connectivity index (χ0) is 15.9. The summed E-state index contributed by atoms with van der Waals surface area (Å²) in [6.45, 7) is 2.71. The Labute approximate surface area is 116 Å². The Kier molecular flexibility index (Phi) is 7.22. The summed E-state index contributed by atoms with van der Waals surface area (Å²) in [6, 6.07) is -3.02. The van der Waals surface area contributed by atoms with Gasteiger partial charge in [0.05, 0.1) is 6.04 Å². The molecule has 0 aliphatic heterocycles. The number of amides is 3. The van der Waals surface area contributed by atoms with Crippen molar-refractivity contribution in [3.05, 3.63) is 0 Å². The van der Waals surface area contributed by atoms with Crippen LogP contribution in [0.15, 0.2) is 0 Å². The van der Waals surface area contributed by atoms with Crippen LogP contribution < -0.4 is 22.1 Å². The molecule has 0 aliphatic carbocycles. The number of rotatable bonds is 8. The number of carboxylic acids is 1. The van der Waals surface area contributed by atoms with Crippen LogP contribution in [0.3, 0.4) is 0 Å². The third-order valence-corrected chi connectivity index (χ3v) is 2.46. The van der Waals surface area contributed by atoms with Crippen molar-refractivity contribution < 1.29 is 24.3 Å². The third-order valence-electron chi connectivity index (χ3n) is 2.46. The van der Waals surface area contributed by atoms with E-state index < -0.39 is 41.8 Å². The summed E-state index contributed by atoms with van der Waals surface area (Å²) in [5.74, 6) is -3.15. The molecular formula is C11H20N4O5. The summed E-state index contributed by atoms with van der Waals surface area (Å²) < 4.78 is 0. The van der Waals surface area contributed by atoms with E-state index >= 15 is 0 Å². The molecule has 0 bridgehead atoms. The van der Waals surface area contributed by atoms with Crippen LogP contribution in [0.1, 0.15) is 26.7 Å². The lowest BCUT2D eigenvalue weighted by Gasteiger charge is -2.20. The highest BCUT2D eigenvalue weighted by Gasteiger charge is 2.25. The maximum absolute atomic E-state index is 11.8. The van der Waals surface area contributed by atoms with Crippen LogP contribution >= 0.6 is 0 Å². The molecule has 0 aromatic carbocycles. The smallest absolute Gasteiger partial charge is 0.325 e. The van der Waals surface area contributed by atoms with Crippen molar-refractivity contribution in [2.24, 2.45) is 11.5 Å². The van der Waals surface area contributed by atoms with Gasteiger partial charge in [0.15, 0.2) is 0 Å². The zero-order valence-corrected chi connectivity index (χ0v) is 11.4. The standard InChI is InChI=1S/C11H20N4O5/c1-5(12)9(17)15-7(3-4-8(13)16)10(18)14-6(2)11(19)20/h5-7H,3-4,12H2,1-2H3,(H2,13,16)(H,14,18)(H,15,17)(H,19,20)/t5-,6-,7-/m0/s1. The van der Waals surface area contributed by atoms with Gasteiger partial charge in [-0.05, 0) is 20.3 Å². The predicted molar refractivity (Wildman–Crippen MR) is 69.2 cm³/mol. The van der Waals surface area contributed by atoms with Gasteiger partial charge in [-0.2, -0.15) is 0 Å². The highest BCUT2D eigenvalue weighted by atomic mass is 16.4. The average molecular weight is 288 g/mol. The van der Waals surface area contributed by atoms with Gasteiger partial charge < -0.3 is 27.2 Å². The first kappa shape index (κ1) is 17.8. The van der Waals surface area contributed by atoms with Crippen LogP contribution in [-0.4, -0.2) is 46.9 Å². The molecule has 20 heavy (non-hydrogen) atoms.